The number of para-hydroxylation sites is 2. The summed E-state index contributed by atoms with van der Waals surface area (Å²) in [4.78, 5) is 23.9. The highest BCUT2D eigenvalue weighted by Crippen LogP contribution is 2.22. The van der Waals surface area contributed by atoms with Crippen molar-refractivity contribution in [2.75, 3.05) is 19.0 Å². The van der Waals surface area contributed by atoms with Crippen molar-refractivity contribution in [2.24, 2.45) is 0 Å². The zero-order chi connectivity index (χ0) is 18.2. The summed E-state index contributed by atoms with van der Waals surface area (Å²) < 4.78 is 15.7. The molecule has 0 aliphatic carbocycles. The molecule has 0 radical (unpaired) electrons. The second kappa shape index (κ2) is 8.73. The van der Waals surface area contributed by atoms with Crippen LogP contribution in [0.4, 0.5) is 5.69 Å². The van der Waals surface area contributed by atoms with Gasteiger partial charge in [0.25, 0.3) is 5.91 Å². The highest BCUT2D eigenvalue weighted by atomic mass is 16.5. The average Bonchev–Trinajstić information content (AvgIpc) is 2.60. The first-order valence-corrected chi connectivity index (χ1v) is 7.86. The molecule has 0 saturated carbocycles. The summed E-state index contributed by atoms with van der Waals surface area (Å²) in [6.07, 6.45) is 0.0523. The standard InChI is InChI=1S/C19H21NO5/c1-13(2)25-15-10-8-14(9-11-15)19(22)24-12-18(21)20-16-6-4-5-7-17(16)23-3/h4-11,13H,12H2,1-3H3,(H,20,21). The molecule has 2 aromatic carbocycles. The van der Waals surface area contributed by atoms with Gasteiger partial charge in [0.05, 0.1) is 24.5 Å². The van der Waals surface area contributed by atoms with E-state index in [2.05, 4.69) is 5.32 Å². The predicted molar refractivity (Wildman–Crippen MR) is 94.1 cm³/mol. The smallest absolute Gasteiger partial charge is 0.338 e. The van der Waals surface area contributed by atoms with E-state index in [4.69, 9.17) is 14.2 Å². The number of carbonyl (C=O) groups is 2. The molecule has 1 amide bonds. The van der Waals surface area contributed by atoms with Gasteiger partial charge in [0, 0.05) is 0 Å². The quantitative estimate of drug-likeness (QED) is 0.781. The average molecular weight is 343 g/mol. The van der Waals surface area contributed by atoms with E-state index in [9.17, 15) is 9.59 Å². The van der Waals surface area contributed by atoms with Gasteiger partial charge in [-0.2, -0.15) is 0 Å². The van der Waals surface area contributed by atoms with Crippen molar-refractivity contribution in [1.29, 1.82) is 0 Å². The van der Waals surface area contributed by atoms with Crippen LogP contribution in [0.5, 0.6) is 11.5 Å². The first-order valence-electron chi connectivity index (χ1n) is 7.86. The van der Waals surface area contributed by atoms with Crippen LogP contribution in [-0.4, -0.2) is 31.7 Å². The first-order chi connectivity index (χ1) is 12.0. The Kier molecular flexibility index (Phi) is 6.39. The molecule has 0 unspecified atom stereocenters. The van der Waals surface area contributed by atoms with Crippen molar-refractivity contribution in [2.45, 2.75) is 20.0 Å². The third-order valence-corrected chi connectivity index (χ3v) is 3.18. The predicted octanol–water partition coefficient (Wildman–Crippen LogP) is 3.28. The number of nitrogens with one attached hydrogen (secondary N) is 1. The highest BCUT2D eigenvalue weighted by Gasteiger charge is 2.12. The van der Waals surface area contributed by atoms with Gasteiger partial charge in [-0.05, 0) is 50.2 Å². The van der Waals surface area contributed by atoms with Crippen LogP contribution in [0.2, 0.25) is 0 Å². The van der Waals surface area contributed by atoms with Crippen LogP contribution in [0.15, 0.2) is 48.5 Å². The van der Waals surface area contributed by atoms with Gasteiger partial charge < -0.3 is 19.5 Å². The Balaban J connectivity index is 1.87. The summed E-state index contributed by atoms with van der Waals surface area (Å²) in [6, 6.07) is 13.5. The lowest BCUT2D eigenvalue weighted by Gasteiger charge is -2.11. The van der Waals surface area contributed by atoms with Gasteiger partial charge in [-0.15, -0.1) is 0 Å². The van der Waals surface area contributed by atoms with Gasteiger partial charge in [-0.1, -0.05) is 12.1 Å². The molecule has 6 heteroatoms. The van der Waals surface area contributed by atoms with Gasteiger partial charge in [0.15, 0.2) is 6.61 Å². The van der Waals surface area contributed by atoms with E-state index in [1.54, 1.807) is 48.5 Å². The maximum atomic E-state index is 12.0. The van der Waals surface area contributed by atoms with Gasteiger partial charge in [-0.25, -0.2) is 4.79 Å². The molecular formula is C19H21NO5. The van der Waals surface area contributed by atoms with Crippen LogP contribution >= 0.6 is 0 Å². The highest BCUT2D eigenvalue weighted by molar-refractivity contribution is 5.96. The van der Waals surface area contributed by atoms with E-state index >= 15 is 0 Å². The minimum Gasteiger partial charge on any atom is -0.495 e. The first kappa shape index (κ1) is 18.3. The van der Waals surface area contributed by atoms with E-state index in [-0.39, 0.29) is 12.7 Å². The van der Waals surface area contributed by atoms with Crippen LogP contribution in [0.1, 0.15) is 24.2 Å². The van der Waals surface area contributed by atoms with Crippen LogP contribution < -0.4 is 14.8 Å². The van der Waals surface area contributed by atoms with Crippen LogP contribution in [0, 0.1) is 0 Å². The normalized spacial score (nSPS) is 10.2. The Labute approximate surface area is 146 Å². The van der Waals surface area contributed by atoms with Crippen LogP contribution in [0.3, 0.4) is 0 Å². The number of methoxy groups -OCH3 is 1. The SMILES string of the molecule is COc1ccccc1NC(=O)COC(=O)c1ccc(OC(C)C)cc1. The van der Waals surface area contributed by atoms with E-state index in [1.165, 1.54) is 7.11 Å². The Bertz CT molecular complexity index is 725. The fourth-order valence-corrected chi connectivity index (χ4v) is 2.09. The van der Waals surface area contributed by atoms with Gasteiger partial charge in [0.1, 0.15) is 11.5 Å². The number of rotatable bonds is 7. The number of hydrogen-bond donors (Lipinski definition) is 1. The van der Waals surface area contributed by atoms with Crippen molar-refractivity contribution in [1.82, 2.24) is 0 Å². The van der Waals surface area contributed by atoms with E-state index in [0.29, 0.717) is 22.7 Å². The molecule has 0 saturated heterocycles. The summed E-state index contributed by atoms with van der Waals surface area (Å²) in [5.41, 5.74) is 0.863. The molecule has 2 rings (SSSR count). The largest absolute Gasteiger partial charge is 0.495 e. The van der Waals surface area contributed by atoms with Gasteiger partial charge in [-0.3, -0.25) is 4.79 Å². The molecule has 132 valence electrons. The van der Waals surface area contributed by atoms with Crippen molar-refractivity contribution < 1.29 is 23.8 Å². The summed E-state index contributed by atoms with van der Waals surface area (Å²) in [6.45, 7) is 3.45. The molecule has 6 nitrogen and oxygen atoms in total. The van der Waals surface area contributed by atoms with Gasteiger partial charge in [0.2, 0.25) is 0 Å². The van der Waals surface area contributed by atoms with Crippen molar-refractivity contribution in [3.63, 3.8) is 0 Å². The van der Waals surface area contributed by atoms with Crippen molar-refractivity contribution in [3.05, 3.63) is 54.1 Å². The monoisotopic (exact) mass is 343 g/mol. The summed E-state index contributed by atoms with van der Waals surface area (Å²) >= 11 is 0. The second-order valence-electron chi connectivity index (χ2n) is 5.52. The minimum absolute atomic E-state index is 0.0523. The number of esters is 1. The molecule has 0 heterocycles. The fourth-order valence-electron chi connectivity index (χ4n) is 2.09. The molecule has 0 bridgehead atoms. The van der Waals surface area contributed by atoms with E-state index < -0.39 is 11.9 Å². The third kappa shape index (κ3) is 5.53. The molecule has 1 N–H and O–H groups in total. The molecule has 2 aromatic rings. The lowest BCUT2D eigenvalue weighted by Crippen LogP contribution is -2.21. The number of ether oxygens (including phenoxy) is 3. The summed E-state index contributed by atoms with van der Waals surface area (Å²) in [5.74, 6) is 0.173. The molecule has 0 aliphatic heterocycles. The molecule has 25 heavy (non-hydrogen) atoms. The van der Waals surface area contributed by atoms with E-state index in [1.807, 2.05) is 13.8 Å². The number of amides is 1. The lowest BCUT2D eigenvalue weighted by molar-refractivity contribution is -0.119. The number of hydrogen-bond acceptors (Lipinski definition) is 5. The summed E-state index contributed by atoms with van der Waals surface area (Å²) in [5, 5.41) is 2.64. The molecule has 0 atom stereocenters. The molecule has 0 aromatic heterocycles. The number of benzene rings is 2. The fraction of sp³-hybridized carbons (Fsp3) is 0.263. The number of anilines is 1. The third-order valence-electron chi connectivity index (χ3n) is 3.18. The molecular weight excluding hydrogens is 322 g/mol. The Morgan fingerprint density at radius 2 is 1.72 bits per heavy atom. The van der Waals surface area contributed by atoms with Crippen LogP contribution in [-0.2, 0) is 9.53 Å². The maximum Gasteiger partial charge on any atom is 0.338 e. The number of carbonyl (C=O) groups excluding carboxylic acids is 2. The van der Waals surface area contributed by atoms with Crippen LogP contribution in [0.25, 0.3) is 0 Å². The van der Waals surface area contributed by atoms with E-state index in [0.717, 1.165) is 0 Å². The van der Waals surface area contributed by atoms with Crippen molar-refractivity contribution in [3.8, 4) is 11.5 Å². The Morgan fingerprint density at radius 1 is 1.04 bits per heavy atom. The Morgan fingerprint density at radius 3 is 2.36 bits per heavy atom. The zero-order valence-corrected chi connectivity index (χ0v) is 14.4. The topological polar surface area (TPSA) is 73.9 Å². The van der Waals surface area contributed by atoms with Gasteiger partial charge >= 0.3 is 5.97 Å². The Hall–Kier alpha value is -3.02. The van der Waals surface area contributed by atoms with Crippen molar-refractivity contribution >= 4 is 17.6 Å². The lowest BCUT2D eigenvalue weighted by atomic mass is 10.2. The molecule has 0 fully saturated rings. The molecule has 0 spiro atoms. The zero-order valence-electron chi connectivity index (χ0n) is 14.4. The second-order valence-corrected chi connectivity index (χ2v) is 5.52. The molecule has 0 aliphatic rings. The maximum absolute atomic E-state index is 12.0. The minimum atomic E-state index is -0.578. The summed E-state index contributed by atoms with van der Waals surface area (Å²) in [7, 11) is 1.51.